The summed E-state index contributed by atoms with van der Waals surface area (Å²) in [4.78, 5) is 28.2. The van der Waals surface area contributed by atoms with Crippen molar-refractivity contribution in [2.45, 2.75) is 13.3 Å². The van der Waals surface area contributed by atoms with Gasteiger partial charge in [-0.15, -0.1) is 11.3 Å². The van der Waals surface area contributed by atoms with E-state index in [1.54, 1.807) is 32.2 Å². The highest BCUT2D eigenvalue weighted by Gasteiger charge is 2.10. The molecule has 2 aromatic carbocycles. The molecule has 0 aliphatic rings. The van der Waals surface area contributed by atoms with Crippen molar-refractivity contribution in [3.05, 3.63) is 71.2 Å². The van der Waals surface area contributed by atoms with Crippen molar-refractivity contribution in [3.8, 4) is 16.3 Å². The number of hydrogen-bond acceptors (Lipinski definition) is 6. The van der Waals surface area contributed by atoms with Gasteiger partial charge in [0.1, 0.15) is 10.8 Å². The maximum absolute atomic E-state index is 12.3. The van der Waals surface area contributed by atoms with Crippen molar-refractivity contribution in [1.29, 1.82) is 0 Å². The molecule has 1 heterocycles. The van der Waals surface area contributed by atoms with Crippen molar-refractivity contribution in [1.82, 2.24) is 4.98 Å². The number of carbonyl (C=O) groups excluding carboxylic acids is 2. The number of anilines is 1. The summed E-state index contributed by atoms with van der Waals surface area (Å²) in [6.07, 6.45) is 3.23. The normalized spacial score (nSPS) is 10.7. The summed E-state index contributed by atoms with van der Waals surface area (Å²) in [6, 6.07) is 14.9. The molecule has 6 nitrogen and oxygen atoms in total. The van der Waals surface area contributed by atoms with Gasteiger partial charge in [0.05, 0.1) is 25.8 Å². The molecule has 1 amide bonds. The van der Waals surface area contributed by atoms with Gasteiger partial charge in [0.25, 0.3) is 0 Å². The van der Waals surface area contributed by atoms with Crippen LogP contribution >= 0.6 is 11.3 Å². The van der Waals surface area contributed by atoms with Gasteiger partial charge in [0.15, 0.2) is 0 Å². The van der Waals surface area contributed by atoms with Crippen LogP contribution in [-0.4, -0.2) is 30.6 Å². The van der Waals surface area contributed by atoms with Crippen LogP contribution in [0.4, 0.5) is 5.69 Å². The lowest BCUT2D eigenvalue weighted by atomic mass is 10.2. The Morgan fingerprint density at radius 1 is 1.10 bits per heavy atom. The van der Waals surface area contributed by atoms with E-state index in [0.29, 0.717) is 12.3 Å². The number of hydrogen-bond donors (Lipinski definition) is 1. The van der Waals surface area contributed by atoms with E-state index >= 15 is 0 Å². The topological polar surface area (TPSA) is 77.5 Å². The van der Waals surface area contributed by atoms with E-state index in [-0.39, 0.29) is 18.3 Å². The van der Waals surface area contributed by atoms with Crippen LogP contribution in [0.3, 0.4) is 0 Å². The van der Waals surface area contributed by atoms with Gasteiger partial charge in [-0.05, 0) is 55.0 Å². The lowest BCUT2D eigenvalue weighted by molar-refractivity contribution is -0.137. The molecule has 0 saturated heterocycles. The Morgan fingerprint density at radius 3 is 2.50 bits per heavy atom. The summed E-state index contributed by atoms with van der Waals surface area (Å²) in [5.41, 5.74) is 3.22. The summed E-state index contributed by atoms with van der Waals surface area (Å²) in [5, 5.41) is 5.61. The van der Waals surface area contributed by atoms with Gasteiger partial charge in [0.2, 0.25) is 5.91 Å². The van der Waals surface area contributed by atoms with E-state index in [9.17, 15) is 9.59 Å². The first-order valence-corrected chi connectivity index (χ1v) is 10.3. The van der Waals surface area contributed by atoms with Crippen LogP contribution in [0.1, 0.15) is 18.2 Å². The number of nitrogens with zero attached hydrogens (tertiary/aromatic N) is 1. The van der Waals surface area contributed by atoms with E-state index < -0.39 is 0 Å². The number of aromatic nitrogens is 1. The second-order valence-electron chi connectivity index (χ2n) is 6.30. The second kappa shape index (κ2) is 10.4. The lowest BCUT2D eigenvalue weighted by Crippen LogP contribution is -2.14. The second-order valence-corrected chi connectivity index (χ2v) is 7.16. The predicted octanol–water partition coefficient (Wildman–Crippen LogP) is 4.58. The van der Waals surface area contributed by atoms with Crippen molar-refractivity contribution in [3.63, 3.8) is 0 Å². The Labute approximate surface area is 179 Å². The largest absolute Gasteiger partial charge is 0.497 e. The summed E-state index contributed by atoms with van der Waals surface area (Å²) in [5.74, 6) is 0.265. The fraction of sp³-hybridized carbons (Fsp3) is 0.174. The van der Waals surface area contributed by atoms with Crippen LogP contribution in [0.25, 0.3) is 16.6 Å². The summed E-state index contributed by atoms with van der Waals surface area (Å²) in [6.45, 7) is 2.10. The Balaban J connectivity index is 1.55. The van der Waals surface area contributed by atoms with Gasteiger partial charge in [0, 0.05) is 22.7 Å². The molecule has 0 bridgehead atoms. The van der Waals surface area contributed by atoms with E-state index in [1.165, 1.54) is 17.4 Å². The summed E-state index contributed by atoms with van der Waals surface area (Å²) >= 11 is 1.50. The number of thiazole rings is 1. The first kappa shape index (κ1) is 21.3. The molecule has 3 aromatic rings. The predicted molar refractivity (Wildman–Crippen MR) is 119 cm³/mol. The fourth-order valence-corrected chi connectivity index (χ4v) is 3.48. The van der Waals surface area contributed by atoms with Gasteiger partial charge in [-0.25, -0.2) is 9.78 Å². The van der Waals surface area contributed by atoms with Crippen LogP contribution < -0.4 is 10.1 Å². The number of amides is 1. The quantitative estimate of drug-likeness (QED) is 0.425. The molecule has 0 radical (unpaired) electrons. The molecule has 0 aliphatic carbocycles. The molecule has 1 N–H and O–H groups in total. The van der Waals surface area contributed by atoms with Crippen molar-refractivity contribution in [2.75, 3.05) is 19.0 Å². The number of benzene rings is 2. The molecule has 7 heteroatoms. The Bertz CT molecular complexity index is 1020. The Kier molecular flexibility index (Phi) is 7.34. The monoisotopic (exact) mass is 422 g/mol. The SMILES string of the molecule is CCOC(=O)/C=C/c1ccc(NC(=O)Cc2csc(-c3ccc(OC)cc3)n2)cc1. The first-order valence-electron chi connectivity index (χ1n) is 9.41. The summed E-state index contributed by atoms with van der Waals surface area (Å²) in [7, 11) is 1.63. The molecule has 0 spiro atoms. The smallest absolute Gasteiger partial charge is 0.330 e. The lowest BCUT2D eigenvalue weighted by Gasteiger charge is -2.04. The maximum atomic E-state index is 12.3. The van der Waals surface area contributed by atoms with Crippen molar-refractivity contribution in [2.24, 2.45) is 0 Å². The third-order valence-corrected chi connectivity index (χ3v) is 5.06. The fourth-order valence-electron chi connectivity index (χ4n) is 2.66. The van der Waals surface area contributed by atoms with Crippen LogP contribution in [-0.2, 0) is 20.7 Å². The molecular formula is C23H22N2O4S. The number of nitrogens with one attached hydrogen (secondary N) is 1. The van der Waals surface area contributed by atoms with Crippen molar-refractivity contribution < 1.29 is 19.1 Å². The average molecular weight is 423 g/mol. The van der Waals surface area contributed by atoms with Crippen LogP contribution in [0.15, 0.2) is 60.0 Å². The van der Waals surface area contributed by atoms with Gasteiger partial charge in [-0.3, -0.25) is 4.79 Å². The third-order valence-electron chi connectivity index (χ3n) is 4.12. The van der Waals surface area contributed by atoms with Crippen LogP contribution in [0.5, 0.6) is 5.75 Å². The molecule has 0 aliphatic heterocycles. The van der Waals surface area contributed by atoms with Crippen LogP contribution in [0, 0.1) is 0 Å². The zero-order chi connectivity index (χ0) is 21.3. The zero-order valence-corrected chi connectivity index (χ0v) is 17.6. The molecule has 30 heavy (non-hydrogen) atoms. The van der Waals surface area contributed by atoms with Gasteiger partial charge in [-0.2, -0.15) is 0 Å². The minimum atomic E-state index is -0.382. The highest BCUT2D eigenvalue weighted by atomic mass is 32.1. The number of methoxy groups -OCH3 is 1. The first-order chi connectivity index (χ1) is 14.6. The van der Waals surface area contributed by atoms with Crippen LogP contribution in [0.2, 0.25) is 0 Å². The zero-order valence-electron chi connectivity index (χ0n) is 16.8. The highest BCUT2D eigenvalue weighted by molar-refractivity contribution is 7.13. The molecule has 3 rings (SSSR count). The van der Waals surface area contributed by atoms with Crippen molar-refractivity contribution >= 4 is 35.0 Å². The Morgan fingerprint density at radius 2 is 1.83 bits per heavy atom. The molecule has 154 valence electrons. The Hall–Kier alpha value is -3.45. The number of carbonyl (C=O) groups is 2. The highest BCUT2D eigenvalue weighted by Crippen LogP contribution is 2.26. The number of ether oxygens (including phenoxy) is 2. The molecule has 0 unspecified atom stereocenters. The van der Waals surface area contributed by atoms with Gasteiger partial charge < -0.3 is 14.8 Å². The van der Waals surface area contributed by atoms with Gasteiger partial charge >= 0.3 is 5.97 Å². The van der Waals surface area contributed by atoms with E-state index in [4.69, 9.17) is 9.47 Å². The van der Waals surface area contributed by atoms with Gasteiger partial charge in [-0.1, -0.05) is 12.1 Å². The van der Waals surface area contributed by atoms with E-state index in [2.05, 4.69) is 10.3 Å². The average Bonchev–Trinajstić information content (AvgIpc) is 3.22. The van der Waals surface area contributed by atoms with E-state index in [1.807, 2.05) is 41.8 Å². The number of esters is 1. The minimum absolute atomic E-state index is 0.142. The minimum Gasteiger partial charge on any atom is -0.497 e. The molecule has 0 fully saturated rings. The van der Waals surface area contributed by atoms with E-state index in [0.717, 1.165) is 27.6 Å². The summed E-state index contributed by atoms with van der Waals surface area (Å²) < 4.78 is 10.0. The number of rotatable bonds is 8. The third kappa shape index (κ3) is 6.02. The molecule has 1 aromatic heterocycles. The standard InChI is InChI=1S/C23H22N2O4S/c1-3-29-22(27)13-6-16-4-9-18(10-5-16)24-21(26)14-19-15-30-23(25-19)17-7-11-20(28-2)12-8-17/h4-13,15H,3,14H2,1-2H3,(H,24,26)/b13-6+. The molecular weight excluding hydrogens is 400 g/mol. The molecule has 0 atom stereocenters. The maximum Gasteiger partial charge on any atom is 0.330 e. The molecule has 0 saturated carbocycles.